The number of aromatic nitrogens is 3. The molecule has 2 N–H and O–H groups in total. The molecule has 0 aromatic carbocycles. The third kappa shape index (κ3) is 6.06. The van der Waals surface area contributed by atoms with Gasteiger partial charge in [-0.05, 0) is 14.1 Å². The second kappa shape index (κ2) is 10.6. The summed E-state index contributed by atoms with van der Waals surface area (Å²) in [7, 11) is 4.11. The minimum atomic E-state index is 0. The summed E-state index contributed by atoms with van der Waals surface area (Å²) < 4.78 is 2.01. The third-order valence-electron chi connectivity index (χ3n) is 2.06. The standard InChI is InChI=1S/C10H19N5S.2ClH/c1-4-5-15-9(8-11)12-13-10(15)16-7-6-14(2)3;;/h4H,1,5-8,11H2,2-3H3;2*1H. The largest absolute Gasteiger partial charge is 0.324 e. The quantitative estimate of drug-likeness (QED) is 0.609. The summed E-state index contributed by atoms with van der Waals surface area (Å²) in [5, 5.41) is 9.11. The Morgan fingerprint density at radius 1 is 1.39 bits per heavy atom. The van der Waals surface area contributed by atoms with Gasteiger partial charge in [-0.15, -0.1) is 41.6 Å². The van der Waals surface area contributed by atoms with E-state index in [0.717, 1.165) is 23.3 Å². The lowest BCUT2D eigenvalue weighted by atomic mass is 10.5. The Morgan fingerprint density at radius 3 is 2.56 bits per heavy atom. The molecule has 18 heavy (non-hydrogen) atoms. The predicted octanol–water partition coefficient (Wildman–Crippen LogP) is 1.42. The van der Waals surface area contributed by atoms with E-state index >= 15 is 0 Å². The Morgan fingerprint density at radius 2 is 2.06 bits per heavy atom. The van der Waals surface area contributed by atoms with E-state index in [-0.39, 0.29) is 24.8 Å². The van der Waals surface area contributed by atoms with Gasteiger partial charge in [0.2, 0.25) is 0 Å². The van der Waals surface area contributed by atoms with Gasteiger partial charge in [0, 0.05) is 18.8 Å². The first-order chi connectivity index (χ1) is 7.69. The van der Waals surface area contributed by atoms with Crippen LogP contribution in [-0.4, -0.2) is 46.1 Å². The Kier molecular flexibility index (Phi) is 11.8. The summed E-state index contributed by atoms with van der Waals surface area (Å²) in [5.41, 5.74) is 5.60. The molecular formula is C10H21Cl2N5S. The highest BCUT2D eigenvalue weighted by Crippen LogP contribution is 2.16. The van der Waals surface area contributed by atoms with Gasteiger partial charge in [0.1, 0.15) is 5.82 Å². The average molecular weight is 314 g/mol. The number of halogens is 2. The molecular weight excluding hydrogens is 293 g/mol. The lowest BCUT2D eigenvalue weighted by molar-refractivity contribution is 0.437. The van der Waals surface area contributed by atoms with E-state index in [2.05, 4.69) is 35.8 Å². The molecule has 0 bridgehead atoms. The third-order valence-corrected chi connectivity index (χ3v) is 3.00. The highest BCUT2D eigenvalue weighted by molar-refractivity contribution is 7.99. The van der Waals surface area contributed by atoms with Crippen LogP contribution in [0.15, 0.2) is 17.8 Å². The van der Waals surface area contributed by atoms with E-state index in [1.165, 1.54) is 0 Å². The fourth-order valence-electron chi connectivity index (χ4n) is 1.21. The number of rotatable bonds is 7. The molecule has 5 nitrogen and oxygen atoms in total. The average Bonchev–Trinajstić information content (AvgIpc) is 2.61. The molecule has 1 rings (SSSR count). The molecule has 0 aliphatic rings. The first-order valence-corrected chi connectivity index (χ1v) is 6.18. The van der Waals surface area contributed by atoms with Crippen molar-refractivity contribution < 1.29 is 0 Å². The highest BCUT2D eigenvalue weighted by Gasteiger charge is 2.09. The van der Waals surface area contributed by atoms with Gasteiger partial charge in [0.15, 0.2) is 5.16 Å². The molecule has 8 heteroatoms. The molecule has 1 heterocycles. The summed E-state index contributed by atoms with van der Waals surface area (Å²) in [5.74, 6) is 1.81. The summed E-state index contributed by atoms with van der Waals surface area (Å²) in [4.78, 5) is 2.14. The van der Waals surface area contributed by atoms with Crippen molar-refractivity contribution in [3.05, 3.63) is 18.5 Å². The van der Waals surface area contributed by atoms with Gasteiger partial charge in [-0.3, -0.25) is 0 Å². The molecule has 0 fully saturated rings. The van der Waals surface area contributed by atoms with E-state index in [1.54, 1.807) is 11.8 Å². The van der Waals surface area contributed by atoms with Crippen molar-refractivity contribution in [3.8, 4) is 0 Å². The van der Waals surface area contributed by atoms with E-state index in [0.29, 0.717) is 13.1 Å². The Hall–Kier alpha value is -0.270. The molecule has 0 atom stereocenters. The SMILES string of the molecule is C=CCn1c(CN)nnc1SCCN(C)C.Cl.Cl. The van der Waals surface area contributed by atoms with Gasteiger partial charge in [0.25, 0.3) is 0 Å². The molecule has 0 spiro atoms. The monoisotopic (exact) mass is 313 g/mol. The fraction of sp³-hybridized carbons (Fsp3) is 0.600. The van der Waals surface area contributed by atoms with Gasteiger partial charge in [-0.1, -0.05) is 17.8 Å². The first-order valence-electron chi connectivity index (χ1n) is 5.19. The van der Waals surface area contributed by atoms with Crippen LogP contribution in [0.4, 0.5) is 0 Å². The lowest BCUT2D eigenvalue weighted by Gasteiger charge is -2.09. The number of nitrogens with zero attached hydrogens (tertiary/aromatic N) is 4. The van der Waals surface area contributed by atoms with Crippen LogP contribution < -0.4 is 5.73 Å². The van der Waals surface area contributed by atoms with Crippen molar-refractivity contribution in [2.75, 3.05) is 26.4 Å². The zero-order chi connectivity index (χ0) is 12.0. The minimum absolute atomic E-state index is 0. The molecule has 0 saturated carbocycles. The van der Waals surface area contributed by atoms with Crippen molar-refractivity contribution in [2.45, 2.75) is 18.2 Å². The van der Waals surface area contributed by atoms with Crippen LogP contribution in [0.2, 0.25) is 0 Å². The van der Waals surface area contributed by atoms with Gasteiger partial charge in [0.05, 0.1) is 6.54 Å². The van der Waals surface area contributed by atoms with Crippen molar-refractivity contribution in [1.29, 1.82) is 0 Å². The minimum Gasteiger partial charge on any atom is -0.324 e. The zero-order valence-corrected chi connectivity index (χ0v) is 13.2. The molecule has 0 unspecified atom stereocenters. The van der Waals surface area contributed by atoms with Gasteiger partial charge >= 0.3 is 0 Å². The summed E-state index contributed by atoms with van der Waals surface area (Å²) >= 11 is 1.70. The number of hydrogen-bond acceptors (Lipinski definition) is 5. The number of thioether (sulfide) groups is 1. The normalized spacial score (nSPS) is 9.78. The summed E-state index contributed by atoms with van der Waals surface area (Å²) in [6.07, 6.45) is 1.83. The molecule has 0 saturated heterocycles. The maximum Gasteiger partial charge on any atom is 0.191 e. The fourth-order valence-corrected chi connectivity index (χ4v) is 2.28. The highest BCUT2D eigenvalue weighted by atomic mass is 35.5. The molecule has 1 aromatic heterocycles. The van der Waals surface area contributed by atoms with E-state index in [1.807, 2.05) is 10.6 Å². The summed E-state index contributed by atoms with van der Waals surface area (Å²) in [6.45, 7) is 5.87. The van der Waals surface area contributed by atoms with E-state index in [9.17, 15) is 0 Å². The van der Waals surface area contributed by atoms with Crippen molar-refractivity contribution in [3.63, 3.8) is 0 Å². The van der Waals surface area contributed by atoms with E-state index < -0.39 is 0 Å². The van der Waals surface area contributed by atoms with Crippen LogP contribution in [0, 0.1) is 0 Å². The topological polar surface area (TPSA) is 60.0 Å². The number of nitrogens with two attached hydrogens (primary N) is 1. The van der Waals surface area contributed by atoms with Crippen molar-refractivity contribution in [1.82, 2.24) is 19.7 Å². The van der Waals surface area contributed by atoms with E-state index in [4.69, 9.17) is 5.73 Å². The zero-order valence-electron chi connectivity index (χ0n) is 10.7. The van der Waals surface area contributed by atoms with Crippen molar-refractivity contribution in [2.24, 2.45) is 5.73 Å². The maximum atomic E-state index is 5.60. The van der Waals surface area contributed by atoms with Crippen LogP contribution in [0.25, 0.3) is 0 Å². The van der Waals surface area contributed by atoms with Crippen molar-refractivity contribution >= 4 is 36.6 Å². The first kappa shape index (κ1) is 20.1. The molecule has 0 amide bonds. The lowest BCUT2D eigenvalue weighted by Crippen LogP contribution is -2.15. The number of hydrogen-bond donors (Lipinski definition) is 1. The van der Waals surface area contributed by atoms with Gasteiger partial charge in [-0.2, -0.15) is 0 Å². The van der Waals surface area contributed by atoms with Crippen LogP contribution in [-0.2, 0) is 13.1 Å². The molecule has 0 radical (unpaired) electrons. The Balaban J connectivity index is 0. The second-order valence-electron chi connectivity index (χ2n) is 3.65. The Bertz CT molecular complexity index is 343. The number of allylic oxidation sites excluding steroid dienone is 1. The molecule has 106 valence electrons. The van der Waals surface area contributed by atoms with Gasteiger partial charge in [-0.25, -0.2) is 0 Å². The summed E-state index contributed by atoms with van der Waals surface area (Å²) in [6, 6.07) is 0. The second-order valence-corrected chi connectivity index (χ2v) is 4.72. The Labute approximate surface area is 125 Å². The van der Waals surface area contributed by atoms with Crippen LogP contribution in [0.1, 0.15) is 5.82 Å². The van der Waals surface area contributed by atoms with Gasteiger partial charge < -0.3 is 15.2 Å². The van der Waals surface area contributed by atoms with Crippen LogP contribution in [0.5, 0.6) is 0 Å². The molecule has 1 aromatic rings. The molecule has 0 aliphatic carbocycles. The van der Waals surface area contributed by atoms with Crippen LogP contribution >= 0.6 is 36.6 Å². The van der Waals surface area contributed by atoms with Crippen LogP contribution in [0.3, 0.4) is 0 Å². The predicted molar refractivity (Wildman–Crippen MR) is 81.9 cm³/mol. The maximum absolute atomic E-state index is 5.60. The molecule has 0 aliphatic heterocycles. The smallest absolute Gasteiger partial charge is 0.191 e.